The predicted molar refractivity (Wildman–Crippen MR) is 72.9 cm³/mol. The van der Waals surface area contributed by atoms with Crippen LogP contribution in [0.25, 0.3) is 0 Å². The maximum atomic E-state index is 12.1. The molecule has 0 spiro atoms. The van der Waals surface area contributed by atoms with Gasteiger partial charge >= 0.3 is 5.97 Å². The second kappa shape index (κ2) is 5.79. The topological polar surface area (TPSA) is 70.8 Å². The van der Waals surface area contributed by atoms with E-state index >= 15 is 0 Å². The van der Waals surface area contributed by atoms with Crippen LogP contribution in [0.4, 0.5) is 0 Å². The van der Waals surface area contributed by atoms with E-state index in [1.807, 2.05) is 12.1 Å². The highest BCUT2D eigenvalue weighted by Crippen LogP contribution is 2.14. The molecule has 2 aromatic rings. The Kier molecular flexibility index (Phi) is 4.10. The first-order valence-electron chi connectivity index (χ1n) is 5.80. The SMILES string of the molecule is CN(Cc1ccc(Cl)cc1)C(=O)c1ccc(C(=O)O)o1. The van der Waals surface area contributed by atoms with Crippen molar-refractivity contribution in [2.75, 3.05) is 7.05 Å². The summed E-state index contributed by atoms with van der Waals surface area (Å²) >= 11 is 5.79. The van der Waals surface area contributed by atoms with Crippen LogP contribution < -0.4 is 0 Å². The number of halogens is 1. The smallest absolute Gasteiger partial charge is 0.371 e. The molecule has 0 saturated heterocycles. The van der Waals surface area contributed by atoms with Gasteiger partial charge in [-0.1, -0.05) is 23.7 Å². The zero-order chi connectivity index (χ0) is 14.7. The Hall–Kier alpha value is -2.27. The summed E-state index contributed by atoms with van der Waals surface area (Å²) < 4.78 is 4.97. The van der Waals surface area contributed by atoms with E-state index < -0.39 is 5.97 Å². The second-order valence-electron chi connectivity index (χ2n) is 4.26. The predicted octanol–water partition coefficient (Wildman–Crippen LogP) is 2.90. The number of amides is 1. The Morgan fingerprint density at radius 3 is 2.30 bits per heavy atom. The van der Waals surface area contributed by atoms with Crippen LogP contribution in [0.15, 0.2) is 40.8 Å². The largest absolute Gasteiger partial charge is 0.475 e. The van der Waals surface area contributed by atoms with Gasteiger partial charge in [0.2, 0.25) is 5.76 Å². The van der Waals surface area contributed by atoms with Crippen LogP contribution in [0.3, 0.4) is 0 Å². The summed E-state index contributed by atoms with van der Waals surface area (Å²) in [5.74, 6) is -1.84. The van der Waals surface area contributed by atoms with E-state index in [0.29, 0.717) is 11.6 Å². The number of carbonyl (C=O) groups is 2. The summed E-state index contributed by atoms with van der Waals surface area (Å²) in [6, 6.07) is 9.72. The second-order valence-corrected chi connectivity index (χ2v) is 4.69. The fourth-order valence-corrected chi connectivity index (χ4v) is 1.82. The number of hydrogen-bond acceptors (Lipinski definition) is 3. The third-order valence-electron chi connectivity index (χ3n) is 2.71. The Labute approximate surface area is 120 Å². The molecular formula is C14H12ClNO4. The number of carboxylic acid groups (broad SMARTS) is 1. The standard InChI is InChI=1S/C14H12ClNO4/c1-16(8-9-2-4-10(15)5-3-9)13(17)11-6-7-12(20-11)14(18)19/h2-7H,8H2,1H3,(H,18,19). The van der Waals surface area contributed by atoms with Crippen molar-refractivity contribution in [2.45, 2.75) is 6.54 Å². The molecule has 0 radical (unpaired) electrons. The van der Waals surface area contributed by atoms with E-state index in [-0.39, 0.29) is 17.4 Å². The molecule has 0 atom stereocenters. The molecule has 104 valence electrons. The first-order chi connectivity index (χ1) is 9.47. The number of furan rings is 1. The molecule has 1 aromatic carbocycles. The molecule has 0 aliphatic rings. The zero-order valence-electron chi connectivity index (χ0n) is 10.7. The number of hydrogen-bond donors (Lipinski definition) is 1. The lowest BCUT2D eigenvalue weighted by Crippen LogP contribution is -2.25. The van der Waals surface area contributed by atoms with Gasteiger partial charge in [-0.2, -0.15) is 0 Å². The van der Waals surface area contributed by atoms with E-state index in [4.69, 9.17) is 21.1 Å². The fourth-order valence-electron chi connectivity index (χ4n) is 1.69. The van der Waals surface area contributed by atoms with Gasteiger partial charge in [0.25, 0.3) is 5.91 Å². The molecule has 1 heterocycles. The first kappa shape index (κ1) is 14.1. The molecule has 0 aliphatic carbocycles. The molecule has 20 heavy (non-hydrogen) atoms. The van der Waals surface area contributed by atoms with E-state index in [0.717, 1.165) is 5.56 Å². The van der Waals surface area contributed by atoms with E-state index in [1.165, 1.54) is 17.0 Å². The zero-order valence-corrected chi connectivity index (χ0v) is 11.4. The third kappa shape index (κ3) is 3.19. The molecule has 0 fully saturated rings. The van der Waals surface area contributed by atoms with Crippen molar-refractivity contribution in [3.8, 4) is 0 Å². The quantitative estimate of drug-likeness (QED) is 0.941. The summed E-state index contributed by atoms with van der Waals surface area (Å²) in [4.78, 5) is 24.2. The summed E-state index contributed by atoms with van der Waals surface area (Å²) in [7, 11) is 1.61. The molecule has 0 unspecified atom stereocenters. The molecule has 0 bridgehead atoms. The molecule has 2 rings (SSSR count). The van der Waals surface area contributed by atoms with E-state index in [2.05, 4.69) is 0 Å². The minimum absolute atomic E-state index is 0.00105. The Balaban J connectivity index is 2.07. The Bertz CT molecular complexity index is 633. The van der Waals surface area contributed by atoms with Gasteiger partial charge in [0.1, 0.15) is 0 Å². The molecule has 6 heteroatoms. The minimum atomic E-state index is -1.20. The molecular weight excluding hydrogens is 282 g/mol. The lowest BCUT2D eigenvalue weighted by Gasteiger charge is -2.15. The number of aromatic carboxylic acids is 1. The van der Waals surface area contributed by atoms with Crippen LogP contribution in [0, 0.1) is 0 Å². The van der Waals surface area contributed by atoms with Crippen LogP contribution in [0.1, 0.15) is 26.7 Å². The molecule has 1 N–H and O–H groups in total. The summed E-state index contributed by atoms with van der Waals surface area (Å²) in [5, 5.41) is 9.37. The van der Waals surface area contributed by atoms with Crippen molar-refractivity contribution in [2.24, 2.45) is 0 Å². The van der Waals surface area contributed by atoms with Gasteiger partial charge in [-0.25, -0.2) is 4.79 Å². The fraction of sp³-hybridized carbons (Fsp3) is 0.143. The highest BCUT2D eigenvalue weighted by molar-refractivity contribution is 6.30. The van der Waals surface area contributed by atoms with Crippen molar-refractivity contribution >= 4 is 23.5 Å². The number of nitrogens with zero attached hydrogens (tertiary/aromatic N) is 1. The molecule has 5 nitrogen and oxygen atoms in total. The minimum Gasteiger partial charge on any atom is -0.475 e. The highest BCUT2D eigenvalue weighted by Gasteiger charge is 2.18. The van der Waals surface area contributed by atoms with Gasteiger partial charge in [0, 0.05) is 18.6 Å². The molecule has 1 amide bonds. The van der Waals surface area contributed by atoms with E-state index in [9.17, 15) is 9.59 Å². The molecule has 0 aliphatic heterocycles. The van der Waals surface area contributed by atoms with Crippen LogP contribution >= 0.6 is 11.6 Å². The van der Waals surface area contributed by atoms with Gasteiger partial charge in [0.05, 0.1) is 0 Å². The van der Waals surface area contributed by atoms with Crippen molar-refractivity contribution in [1.29, 1.82) is 0 Å². The van der Waals surface area contributed by atoms with Crippen molar-refractivity contribution in [1.82, 2.24) is 4.90 Å². The van der Waals surface area contributed by atoms with Crippen LogP contribution in [-0.2, 0) is 6.54 Å². The monoisotopic (exact) mass is 293 g/mol. The van der Waals surface area contributed by atoms with Crippen molar-refractivity contribution in [3.05, 3.63) is 58.5 Å². The van der Waals surface area contributed by atoms with Gasteiger partial charge in [0.15, 0.2) is 5.76 Å². The lowest BCUT2D eigenvalue weighted by molar-refractivity contribution is 0.0653. The Morgan fingerprint density at radius 2 is 1.75 bits per heavy atom. The molecule has 0 saturated carbocycles. The van der Waals surface area contributed by atoms with Crippen LogP contribution in [-0.4, -0.2) is 28.9 Å². The highest BCUT2D eigenvalue weighted by atomic mass is 35.5. The third-order valence-corrected chi connectivity index (χ3v) is 2.96. The average Bonchev–Trinajstić information content (AvgIpc) is 2.90. The summed E-state index contributed by atoms with van der Waals surface area (Å²) in [5.41, 5.74) is 0.912. The lowest BCUT2D eigenvalue weighted by atomic mass is 10.2. The van der Waals surface area contributed by atoms with Crippen molar-refractivity contribution < 1.29 is 19.1 Å². The van der Waals surface area contributed by atoms with Gasteiger partial charge in [-0.05, 0) is 29.8 Å². The summed E-state index contributed by atoms with van der Waals surface area (Å²) in [6.45, 7) is 0.374. The first-order valence-corrected chi connectivity index (χ1v) is 6.18. The normalized spacial score (nSPS) is 10.3. The van der Waals surface area contributed by atoms with Gasteiger partial charge in [-0.3, -0.25) is 4.79 Å². The number of rotatable bonds is 4. The number of carboxylic acids is 1. The number of carbonyl (C=O) groups excluding carboxylic acids is 1. The maximum Gasteiger partial charge on any atom is 0.371 e. The average molecular weight is 294 g/mol. The maximum absolute atomic E-state index is 12.1. The Morgan fingerprint density at radius 1 is 1.15 bits per heavy atom. The number of benzene rings is 1. The van der Waals surface area contributed by atoms with Gasteiger partial charge in [-0.15, -0.1) is 0 Å². The van der Waals surface area contributed by atoms with Crippen molar-refractivity contribution in [3.63, 3.8) is 0 Å². The van der Waals surface area contributed by atoms with Gasteiger partial charge < -0.3 is 14.4 Å². The molecule has 1 aromatic heterocycles. The summed E-state index contributed by atoms with van der Waals surface area (Å²) in [6.07, 6.45) is 0. The van der Waals surface area contributed by atoms with E-state index in [1.54, 1.807) is 19.2 Å². The van der Waals surface area contributed by atoms with Crippen LogP contribution in [0.5, 0.6) is 0 Å². The van der Waals surface area contributed by atoms with Crippen LogP contribution in [0.2, 0.25) is 5.02 Å².